The van der Waals surface area contributed by atoms with Gasteiger partial charge < -0.3 is 25.2 Å². The fraction of sp³-hybridized carbons (Fsp3) is 0.967. The molecule has 10 nitrogen and oxygen atoms in total. The average Bonchev–Trinajstić information content (AvgIpc) is 3.35. The van der Waals surface area contributed by atoms with Gasteiger partial charge in [-0.25, -0.2) is 4.57 Å². The van der Waals surface area contributed by atoms with Crippen molar-refractivity contribution < 1.29 is 42.7 Å². The predicted octanol–water partition coefficient (Wildman–Crippen LogP) is 19.0. The van der Waals surface area contributed by atoms with E-state index in [1.165, 1.54) is 276 Å². The van der Waals surface area contributed by atoms with Crippen molar-refractivity contribution in [2.75, 3.05) is 26.4 Å². The van der Waals surface area contributed by atoms with Gasteiger partial charge in [0, 0.05) is 13.0 Å². The van der Waals surface area contributed by atoms with E-state index in [0.29, 0.717) is 6.61 Å². The lowest BCUT2D eigenvalue weighted by molar-refractivity contribution is -0.154. The number of carbonyl (C=O) groups is 2. The van der Waals surface area contributed by atoms with Gasteiger partial charge in [-0.15, -0.1) is 0 Å². The van der Waals surface area contributed by atoms with Crippen molar-refractivity contribution in [1.29, 1.82) is 0 Å². The van der Waals surface area contributed by atoms with Gasteiger partial charge in [0.15, 0.2) is 0 Å². The van der Waals surface area contributed by atoms with Crippen molar-refractivity contribution in [3.8, 4) is 0 Å². The third kappa shape index (κ3) is 56.5. The zero-order valence-corrected chi connectivity index (χ0v) is 48.0. The van der Waals surface area contributed by atoms with E-state index in [-0.39, 0.29) is 13.0 Å². The van der Waals surface area contributed by atoms with Gasteiger partial charge in [0.05, 0.1) is 19.8 Å². The molecule has 0 aliphatic carbocycles. The molecule has 0 aliphatic rings. The molecule has 4 N–H and O–H groups in total. The highest BCUT2D eigenvalue weighted by molar-refractivity contribution is 7.47. The number of nitrogens with two attached hydrogens (primary N) is 1. The Morgan fingerprint density at radius 3 is 0.930 bits per heavy atom. The van der Waals surface area contributed by atoms with Crippen LogP contribution in [-0.2, 0) is 32.7 Å². The van der Waals surface area contributed by atoms with Crippen LogP contribution in [0.4, 0.5) is 0 Å². The summed E-state index contributed by atoms with van der Waals surface area (Å²) in [6.07, 6.45) is 65.0. The van der Waals surface area contributed by atoms with Crippen LogP contribution in [0.5, 0.6) is 0 Å². The van der Waals surface area contributed by atoms with E-state index >= 15 is 0 Å². The van der Waals surface area contributed by atoms with E-state index in [2.05, 4.69) is 13.8 Å². The first-order chi connectivity index (χ1) is 34.7. The maximum Gasteiger partial charge on any atom is 0.472 e. The molecule has 0 saturated carbocycles. The number of phosphoric ester groups is 1. The van der Waals surface area contributed by atoms with Gasteiger partial charge in [-0.1, -0.05) is 316 Å². The normalized spacial score (nSPS) is 13.4. The summed E-state index contributed by atoms with van der Waals surface area (Å²) in [4.78, 5) is 33.8. The summed E-state index contributed by atoms with van der Waals surface area (Å²) in [7, 11) is -4.62. The minimum absolute atomic E-state index is 0.0263. The maximum absolute atomic E-state index is 12.7. The Morgan fingerprint density at radius 2 is 0.648 bits per heavy atom. The molecule has 0 bridgehead atoms. The number of carboxylic acid groups (broad SMARTS) is 1. The second kappa shape index (κ2) is 56.7. The van der Waals surface area contributed by atoms with Crippen LogP contribution < -0.4 is 5.73 Å². The van der Waals surface area contributed by atoms with E-state index in [0.717, 1.165) is 38.5 Å². The van der Waals surface area contributed by atoms with Crippen LogP contribution in [0.3, 0.4) is 0 Å². The lowest BCUT2D eigenvalue weighted by Gasteiger charge is -2.20. The second-order valence-electron chi connectivity index (χ2n) is 21.6. The Balaban J connectivity index is 3.81. The van der Waals surface area contributed by atoms with Gasteiger partial charge in [-0.05, 0) is 12.8 Å². The Labute approximate surface area is 440 Å². The van der Waals surface area contributed by atoms with E-state index in [1.54, 1.807) is 0 Å². The molecule has 0 spiro atoms. The van der Waals surface area contributed by atoms with E-state index in [9.17, 15) is 19.0 Å². The van der Waals surface area contributed by atoms with E-state index in [1.807, 2.05) is 0 Å². The number of carboxylic acids is 1. The molecule has 71 heavy (non-hydrogen) atoms. The molecule has 0 aromatic carbocycles. The summed E-state index contributed by atoms with van der Waals surface area (Å²) in [6, 6.07) is -1.47. The Bertz CT molecular complexity index is 1150. The van der Waals surface area contributed by atoms with Gasteiger partial charge in [0.25, 0.3) is 0 Å². The van der Waals surface area contributed by atoms with Gasteiger partial charge in [-0.2, -0.15) is 0 Å². The molecular weight excluding hydrogens is 910 g/mol. The van der Waals surface area contributed by atoms with Crippen LogP contribution in [0.15, 0.2) is 0 Å². The molecule has 3 atom stereocenters. The lowest BCUT2D eigenvalue weighted by atomic mass is 10.0. The largest absolute Gasteiger partial charge is 0.480 e. The van der Waals surface area contributed by atoms with Crippen LogP contribution in [0.25, 0.3) is 0 Å². The topological polar surface area (TPSA) is 155 Å². The van der Waals surface area contributed by atoms with Gasteiger partial charge in [0.1, 0.15) is 12.1 Å². The molecule has 1 unspecified atom stereocenters. The summed E-state index contributed by atoms with van der Waals surface area (Å²) < 4.78 is 33.6. The SMILES string of the molecule is CCCCCCCCCCCCCCCCCCCCCCCCCCCCCCCCCCCCCC(=O)O[C@H](COCCCCCCCCCCCCCCCC)COP(=O)(O)OC[C@H](N)C(=O)O. The zero-order chi connectivity index (χ0) is 51.8. The molecular formula is C60H120NO9P. The average molecular weight is 1030 g/mol. The molecule has 0 radical (unpaired) electrons. The summed E-state index contributed by atoms with van der Waals surface area (Å²) in [5, 5.41) is 8.94. The summed E-state index contributed by atoms with van der Waals surface area (Å²) >= 11 is 0. The number of esters is 1. The first kappa shape index (κ1) is 70.0. The van der Waals surface area contributed by atoms with Gasteiger partial charge in [0.2, 0.25) is 0 Å². The number of aliphatic carboxylic acids is 1. The standard InChI is InChI=1S/C60H120NO9P/c1-3-5-7-9-11-13-15-17-19-20-21-22-23-24-25-26-27-28-29-30-31-32-33-34-35-36-37-38-39-40-42-44-46-48-50-52-59(62)70-57(55-68-71(65,66)69-56-58(61)60(63)64)54-67-53-51-49-47-45-43-41-18-16-14-12-10-8-6-4-2/h57-58H,3-56,61H2,1-2H3,(H,63,64)(H,65,66)/t57-,58+/m1/s1. The van der Waals surface area contributed by atoms with Crippen LogP contribution in [-0.4, -0.2) is 60.5 Å². The molecule has 11 heteroatoms. The molecule has 0 aliphatic heterocycles. The molecule has 0 aromatic heterocycles. The van der Waals surface area contributed by atoms with E-state index in [4.69, 9.17) is 29.4 Å². The number of rotatable bonds is 61. The maximum atomic E-state index is 12.7. The predicted molar refractivity (Wildman–Crippen MR) is 300 cm³/mol. The third-order valence-corrected chi connectivity index (χ3v) is 15.3. The Hall–Kier alpha value is -1.03. The van der Waals surface area contributed by atoms with Crippen LogP contribution in [0.2, 0.25) is 0 Å². The molecule has 0 amide bonds. The Kier molecular flexibility index (Phi) is 55.9. The van der Waals surface area contributed by atoms with Crippen LogP contribution in [0.1, 0.15) is 335 Å². The van der Waals surface area contributed by atoms with Crippen molar-refractivity contribution >= 4 is 19.8 Å². The van der Waals surface area contributed by atoms with Crippen molar-refractivity contribution in [2.24, 2.45) is 5.73 Å². The first-order valence-electron chi connectivity index (χ1n) is 31.1. The number of ether oxygens (including phenoxy) is 2. The lowest BCUT2D eigenvalue weighted by Crippen LogP contribution is -2.34. The van der Waals surface area contributed by atoms with Crippen LogP contribution in [0, 0.1) is 0 Å². The highest BCUT2D eigenvalue weighted by Gasteiger charge is 2.27. The highest BCUT2D eigenvalue weighted by atomic mass is 31.2. The quantitative estimate of drug-likeness (QED) is 0.0305. The van der Waals surface area contributed by atoms with E-state index < -0.39 is 45.1 Å². The number of carbonyl (C=O) groups excluding carboxylic acids is 1. The number of unbranched alkanes of at least 4 members (excludes halogenated alkanes) is 47. The van der Waals surface area contributed by atoms with Crippen molar-refractivity contribution in [3.05, 3.63) is 0 Å². The molecule has 0 fully saturated rings. The molecule has 0 heterocycles. The summed E-state index contributed by atoms with van der Waals surface area (Å²) in [6.45, 7) is 3.97. The van der Waals surface area contributed by atoms with Gasteiger partial charge >= 0.3 is 19.8 Å². The molecule has 424 valence electrons. The monoisotopic (exact) mass is 1030 g/mol. The van der Waals surface area contributed by atoms with Gasteiger partial charge in [-0.3, -0.25) is 18.6 Å². The first-order valence-corrected chi connectivity index (χ1v) is 32.6. The number of hydrogen-bond donors (Lipinski definition) is 3. The van der Waals surface area contributed by atoms with Crippen molar-refractivity contribution in [1.82, 2.24) is 0 Å². The summed E-state index contributed by atoms with van der Waals surface area (Å²) in [5.41, 5.74) is 5.39. The minimum atomic E-state index is -4.62. The number of phosphoric acid groups is 1. The van der Waals surface area contributed by atoms with Crippen molar-refractivity contribution in [2.45, 2.75) is 347 Å². The molecule has 0 saturated heterocycles. The third-order valence-electron chi connectivity index (χ3n) is 14.4. The summed E-state index contributed by atoms with van der Waals surface area (Å²) in [5.74, 6) is -1.76. The van der Waals surface area contributed by atoms with Crippen molar-refractivity contribution in [3.63, 3.8) is 0 Å². The smallest absolute Gasteiger partial charge is 0.472 e. The highest BCUT2D eigenvalue weighted by Crippen LogP contribution is 2.43. The fourth-order valence-corrected chi connectivity index (χ4v) is 10.4. The fourth-order valence-electron chi connectivity index (χ4n) is 9.61. The second-order valence-corrected chi connectivity index (χ2v) is 23.0. The molecule has 0 rings (SSSR count). The van der Waals surface area contributed by atoms with Crippen LogP contribution >= 0.6 is 7.82 Å². The number of hydrogen-bond acceptors (Lipinski definition) is 8. The minimum Gasteiger partial charge on any atom is -0.480 e. The Morgan fingerprint density at radius 1 is 0.394 bits per heavy atom. The molecule has 0 aromatic rings. The zero-order valence-electron chi connectivity index (χ0n) is 47.1.